The molecule has 0 spiro atoms. The average Bonchev–Trinajstić information content (AvgIpc) is 2.34. The van der Waals surface area contributed by atoms with Crippen LogP contribution in [0.1, 0.15) is 40.2 Å². The average molecular weight is 292 g/mol. The molecule has 1 aromatic rings. The molecule has 0 aliphatic rings. The first-order chi connectivity index (χ1) is 9.61. The second-order valence-electron chi connectivity index (χ2n) is 6.49. The summed E-state index contributed by atoms with van der Waals surface area (Å²) in [5.74, 6) is -1.22. The van der Waals surface area contributed by atoms with E-state index < -0.39 is 18.0 Å². The van der Waals surface area contributed by atoms with E-state index in [2.05, 4.69) is 31.4 Å². The molecule has 5 heteroatoms. The van der Waals surface area contributed by atoms with Crippen molar-refractivity contribution in [3.05, 3.63) is 29.8 Å². The monoisotopic (exact) mass is 292 g/mol. The van der Waals surface area contributed by atoms with Gasteiger partial charge in [-0.15, -0.1) is 0 Å². The smallest absolute Gasteiger partial charge is 0.326 e. The molecule has 116 valence electrons. The van der Waals surface area contributed by atoms with Crippen LogP contribution in [0.4, 0.5) is 10.5 Å². The van der Waals surface area contributed by atoms with Crippen LogP contribution in [0.2, 0.25) is 0 Å². The van der Waals surface area contributed by atoms with Crippen LogP contribution < -0.4 is 10.6 Å². The van der Waals surface area contributed by atoms with Crippen LogP contribution in [0.5, 0.6) is 0 Å². The predicted molar refractivity (Wildman–Crippen MR) is 83.6 cm³/mol. The summed E-state index contributed by atoms with van der Waals surface area (Å²) in [5, 5.41) is 14.1. The molecule has 1 rings (SSSR count). The zero-order chi connectivity index (χ0) is 16.2. The molecule has 0 saturated carbocycles. The van der Waals surface area contributed by atoms with Crippen LogP contribution in [0, 0.1) is 5.92 Å². The molecule has 0 fully saturated rings. The second kappa shape index (κ2) is 6.61. The van der Waals surface area contributed by atoms with E-state index in [1.165, 1.54) is 5.56 Å². The molecule has 0 heterocycles. The van der Waals surface area contributed by atoms with Crippen molar-refractivity contribution in [1.29, 1.82) is 0 Å². The maximum absolute atomic E-state index is 11.8. The minimum Gasteiger partial charge on any atom is -0.480 e. The van der Waals surface area contributed by atoms with Crippen molar-refractivity contribution in [1.82, 2.24) is 5.32 Å². The number of carboxylic acids is 1. The van der Waals surface area contributed by atoms with Gasteiger partial charge in [0.05, 0.1) is 0 Å². The van der Waals surface area contributed by atoms with E-state index in [1.54, 1.807) is 13.8 Å². The Labute approximate surface area is 125 Å². The van der Waals surface area contributed by atoms with Gasteiger partial charge >= 0.3 is 12.0 Å². The van der Waals surface area contributed by atoms with Gasteiger partial charge in [0.1, 0.15) is 6.04 Å². The summed E-state index contributed by atoms with van der Waals surface area (Å²) in [7, 11) is 0. The van der Waals surface area contributed by atoms with Gasteiger partial charge in [-0.2, -0.15) is 0 Å². The Kier molecular flexibility index (Phi) is 5.35. The predicted octanol–water partition coefficient (Wildman–Crippen LogP) is 3.21. The lowest BCUT2D eigenvalue weighted by Crippen LogP contribution is -2.46. The van der Waals surface area contributed by atoms with Crippen molar-refractivity contribution < 1.29 is 14.7 Å². The van der Waals surface area contributed by atoms with Crippen molar-refractivity contribution in [2.45, 2.75) is 46.1 Å². The summed E-state index contributed by atoms with van der Waals surface area (Å²) in [6.07, 6.45) is 0. The topological polar surface area (TPSA) is 78.4 Å². The molecule has 1 atom stereocenters. The van der Waals surface area contributed by atoms with E-state index >= 15 is 0 Å². The van der Waals surface area contributed by atoms with Gasteiger partial charge in [-0.1, -0.05) is 46.8 Å². The van der Waals surface area contributed by atoms with E-state index in [-0.39, 0.29) is 11.3 Å². The van der Waals surface area contributed by atoms with E-state index in [1.807, 2.05) is 24.3 Å². The van der Waals surface area contributed by atoms with E-state index in [4.69, 9.17) is 5.11 Å². The van der Waals surface area contributed by atoms with Gasteiger partial charge in [-0.3, -0.25) is 0 Å². The molecule has 0 bridgehead atoms. The molecule has 0 saturated heterocycles. The molecular weight excluding hydrogens is 268 g/mol. The number of carbonyl (C=O) groups excluding carboxylic acids is 1. The fourth-order valence-electron chi connectivity index (χ4n) is 1.88. The van der Waals surface area contributed by atoms with Crippen LogP contribution in [-0.2, 0) is 10.2 Å². The first-order valence-corrected chi connectivity index (χ1v) is 7.02. The highest BCUT2D eigenvalue weighted by Crippen LogP contribution is 2.23. The third-order valence-electron chi connectivity index (χ3n) is 3.23. The zero-order valence-corrected chi connectivity index (χ0v) is 13.2. The Morgan fingerprint density at radius 3 is 2.00 bits per heavy atom. The first kappa shape index (κ1) is 17.0. The molecule has 0 aliphatic carbocycles. The number of hydrogen-bond acceptors (Lipinski definition) is 2. The van der Waals surface area contributed by atoms with Crippen molar-refractivity contribution in [3.63, 3.8) is 0 Å². The van der Waals surface area contributed by atoms with Crippen LogP contribution in [0.3, 0.4) is 0 Å². The summed E-state index contributed by atoms with van der Waals surface area (Å²) >= 11 is 0. The fourth-order valence-corrected chi connectivity index (χ4v) is 1.88. The van der Waals surface area contributed by atoms with Gasteiger partial charge < -0.3 is 15.7 Å². The van der Waals surface area contributed by atoms with Crippen molar-refractivity contribution >= 4 is 17.7 Å². The molecule has 0 unspecified atom stereocenters. The number of carbonyl (C=O) groups is 2. The summed E-state index contributed by atoms with van der Waals surface area (Å²) < 4.78 is 0. The third-order valence-corrected chi connectivity index (χ3v) is 3.23. The molecule has 5 nitrogen and oxygen atoms in total. The molecule has 21 heavy (non-hydrogen) atoms. The third kappa shape index (κ3) is 5.10. The minimum atomic E-state index is -1.04. The lowest BCUT2D eigenvalue weighted by Gasteiger charge is -2.20. The molecule has 2 amide bonds. The van der Waals surface area contributed by atoms with Crippen LogP contribution >= 0.6 is 0 Å². The van der Waals surface area contributed by atoms with E-state index in [0.717, 1.165) is 0 Å². The molecule has 0 aliphatic heterocycles. The van der Waals surface area contributed by atoms with Crippen LogP contribution in [0.15, 0.2) is 24.3 Å². The summed E-state index contributed by atoms with van der Waals surface area (Å²) in [5.41, 5.74) is 1.85. The summed E-state index contributed by atoms with van der Waals surface area (Å²) in [6.45, 7) is 9.83. The maximum Gasteiger partial charge on any atom is 0.326 e. The number of nitrogens with one attached hydrogen (secondary N) is 2. The number of aliphatic carboxylic acids is 1. The van der Waals surface area contributed by atoms with Crippen molar-refractivity contribution in [2.24, 2.45) is 5.92 Å². The standard InChI is InChI=1S/C16H24N2O3/c1-10(2)13(14(19)20)18-15(21)17-12-8-6-11(7-9-12)16(3,4)5/h6-10,13H,1-5H3,(H,19,20)(H2,17,18,21)/t13-/m0/s1. The lowest BCUT2D eigenvalue weighted by molar-refractivity contribution is -0.140. The SMILES string of the molecule is CC(C)[C@H](NC(=O)Nc1ccc(C(C)(C)C)cc1)C(=O)O. The number of hydrogen-bond donors (Lipinski definition) is 3. The van der Waals surface area contributed by atoms with Crippen LogP contribution in [0.25, 0.3) is 0 Å². The fraction of sp³-hybridized carbons (Fsp3) is 0.500. The molecular formula is C16H24N2O3. The van der Waals surface area contributed by atoms with Crippen LogP contribution in [-0.4, -0.2) is 23.1 Å². The Balaban J connectivity index is 2.69. The van der Waals surface area contributed by atoms with E-state index in [9.17, 15) is 9.59 Å². The van der Waals surface area contributed by atoms with Crippen molar-refractivity contribution in [3.8, 4) is 0 Å². The highest BCUT2D eigenvalue weighted by Gasteiger charge is 2.23. The Hall–Kier alpha value is -2.04. The van der Waals surface area contributed by atoms with Gasteiger partial charge in [0, 0.05) is 5.69 Å². The van der Waals surface area contributed by atoms with Gasteiger partial charge in [-0.05, 0) is 29.0 Å². The highest BCUT2D eigenvalue weighted by molar-refractivity contribution is 5.92. The zero-order valence-electron chi connectivity index (χ0n) is 13.2. The lowest BCUT2D eigenvalue weighted by atomic mass is 9.87. The normalized spacial score (nSPS) is 12.9. The van der Waals surface area contributed by atoms with Gasteiger partial charge in [0.25, 0.3) is 0 Å². The Morgan fingerprint density at radius 2 is 1.62 bits per heavy atom. The van der Waals surface area contributed by atoms with Gasteiger partial charge in [0.2, 0.25) is 0 Å². The maximum atomic E-state index is 11.8. The Morgan fingerprint density at radius 1 is 1.10 bits per heavy atom. The molecule has 1 aromatic carbocycles. The van der Waals surface area contributed by atoms with Crippen molar-refractivity contribution in [2.75, 3.05) is 5.32 Å². The molecule has 0 radical (unpaired) electrons. The number of amides is 2. The number of carboxylic acid groups (broad SMARTS) is 1. The summed E-state index contributed by atoms with van der Waals surface area (Å²) in [4.78, 5) is 22.9. The van der Waals surface area contributed by atoms with E-state index in [0.29, 0.717) is 5.69 Å². The molecule has 3 N–H and O–H groups in total. The first-order valence-electron chi connectivity index (χ1n) is 7.02. The minimum absolute atomic E-state index is 0.0484. The second-order valence-corrected chi connectivity index (χ2v) is 6.49. The number of urea groups is 1. The molecule has 0 aromatic heterocycles. The number of anilines is 1. The van der Waals surface area contributed by atoms with Gasteiger partial charge in [-0.25, -0.2) is 9.59 Å². The number of benzene rings is 1. The van der Waals surface area contributed by atoms with Gasteiger partial charge in [0.15, 0.2) is 0 Å². The number of rotatable bonds is 4. The highest BCUT2D eigenvalue weighted by atomic mass is 16.4. The largest absolute Gasteiger partial charge is 0.480 e. The Bertz CT molecular complexity index is 501. The quantitative estimate of drug-likeness (QED) is 0.797. The summed E-state index contributed by atoms with van der Waals surface area (Å²) in [6, 6.07) is 6.11.